The molecule has 0 atom stereocenters. The Morgan fingerprint density at radius 3 is 2.61 bits per heavy atom. The molecule has 8 heteroatoms. The monoisotopic (exact) mass is 414 g/mol. The fraction of sp³-hybridized carbons (Fsp3) is 0.174. The van der Waals surface area contributed by atoms with Crippen molar-refractivity contribution < 1.29 is 9.18 Å². The maximum atomic E-state index is 13.1. The fourth-order valence-electron chi connectivity index (χ4n) is 3.53. The number of fused-ring (bicyclic) bond motifs is 1. The highest BCUT2D eigenvalue weighted by Gasteiger charge is 2.24. The molecule has 0 radical (unpaired) electrons. The molecule has 31 heavy (non-hydrogen) atoms. The molecule has 0 saturated carbocycles. The fourth-order valence-corrected chi connectivity index (χ4v) is 3.53. The van der Waals surface area contributed by atoms with Crippen molar-refractivity contribution in [2.75, 3.05) is 18.0 Å². The lowest BCUT2D eigenvalue weighted by Crippen LogP contribution is -2.56. The van der Waals surface area contributed by atoms with Crippen molar-refractivity contribution in [1.82, 2.24) is 19.9 Å². The number of benzene rings is 1. The average Bonchev–Trinajstić information content (AvgIpc) is 2.77. The number of anilines is 1. The van der Waals surface area contributed by atoms with E-state index >= 15 is 0 Å². The Kier molecular flexibility index (Phi) is 4.83. The van der Waals surface area contributed by atoms with Crippen LogP contribution in [0.2, 0.25) is 0 Å². The molecule has 0 unspecified atom stereocenters. The van der Waals surface area contributed by atoms with E-state index in [-0.39, 0.29) is 24.1 Å². The summed E-state index contributed by atoms with van der Waals surface area (Å²) in [6, 6.07) is 11.3. The van der Waals surface area contributed by atoms with Crippen LogP contribution in [0.25, 0.3) is 22.3 Å². The summed E-state index contributed by atoms with van der Waals surface area (Å²) < 4.78 is 13.1. The lowest BCUT2D eigenvalue weighted by atomic mass is 10.1. The first-order chi connectivity index (χ1) is 15.0. The molecule has 1 aliphatic rings. The van der Waals surface area contributed by atoms with Crippen LogP contribution < -0.4 is 10.6 Å². The number of carbonyl (C=O) groups is 1. The van der Waals surface area contributed by atoms with Crippen molar-refractivity contribution in [2.45, 2.75) is 12.5 Å². The van der Waals surface area contributed by atoms with Gasteiger partial charge in [-0.3, -0.25) is 14.8 Å². The van der Waals surface area contributed by atoms with E-state index in [1.807, 2.05) is 12.1 Å². The number of nitrogens with two attached hydrogens (primary N) is 1. The third kappa shape index (κ3) is 3.97. The predicted octanol–water partition coefficient (Wildman–Crippen LogP) is 2.80. The highest BCUT2D eigenvalue weighted by atomic mass is 19.1. The summed E-state index contributed by atoms with van der Waals surface area (Å²) in [6.07, 6.45) is 5.21. The van der Waals surface area contributed by atoms with Crippen molar-refractivity contribution in [2.24, 2.45) is 5.73 Å². The average molecular weight is 414 g/mol. The Labute approximate surface area is 177 Å². The summed E-state index contributed by atoms with van der Waals surface area (Å²) >= 11 is 0. The first-order valence-electron chi connectivity index (χ1n) is 9.92. The number of aromatic nitrogens is 4. The van der Waals surface area contributed by atoms with E-state index in [2.05, 4.69) is 19.9 Å². The Morgan fingerprint density at radius 1 is 1.03 bits per heavy atom. The zero-order valence-electron chi connectivity index (χ0n) is 16.6. The second kappa shape index (κ2) is 7.81. The minimum atomic E-state index is -0.374. The summed E-state index contributed by atoms with van der Waals surface area (Å²) in [5, 5.41) is 0.861. The summed E-state index contributed by atoms with van der Waals surface area (Å²) in [7, 11) is 0. The second-order valence-corrected chi connectivity index (χ2v) is 7.60. The van der Waals surface area contributed by atoms with Crippen molar-refractivity contribution >= 4 is 22.5 Å². The van der Waals surface area contributed by atoms with Crippen LogP contribution in [-0.2, 0) is 6.42 Å². The van der Waals surface area contributed by atoms with E-state index in [1.54, 1.807) is 24.7 Å². The van der Waals surface area contributed by atoms with Crippen LogP contribution in [0.15, 0.2) is 61.1 Å². The molecular formula is C23H19FN6O. The van der Waals surface area contributed by atoms with Crippen LogP contribution in [-0.4, -0.2) is 44.9 Å². The Hall–Kier alpha value is -3.78. The quantitative estimate of drug-likeness (QED) is 0.502. The number of nitrogens with zero attached hydrogens (tertiary/aromatic N) is 5. The molecule has 0 amide bonds. The van der Waals surface area contributed by atoms with Gasteiger partial charge < -0.3 is 10.6 Å². The molecule has 0 bridgehead atoms. The highest BCUT2D eigenvalue weighted by Crippen LogP contribution is 2.23. The zero-order valence-corrected chi connectivity index (χ0v) is 16.6. The van der Waals surface area contributed by atoms with Gasteiger partial charge in [-0.1, -0.05) is 0 Å². The van der Waals surface area contributed by atoms with Gasteiger partial charge in [0.25, 0.3) is 0 Å². The lowest BCUT2D eigenvalue weighted by Gasteiger charge is -2.37. The summed E-state index contributed by atoms with van der Waals surface area (Å²) in [6.45, 7) is 1.53. The molecule has 7 nitrogen and oxygen atoms in total. The van der Waals surface area contributed by atoms with Crippen molar-refractivity contribution in [3.63, 3.8) is 0 Å². The van der Waals surface area contributed by atoms with Gasteiger partial charge in [0.2, 0.25) is 0 Å². The van der Waals surface area contributed by atoms with Gasteiger partial charge in [0.15, 0.2) is 5.78 Å². The molecule has 1 fully saturated rings. The molecule has 1 aromatic carbocycles. The second-order valence-electron chi connectivity index (χ2n) is 7.60. The number of pyridine rings is 2. The molecule has 3 aromatic heterocycles. The van der Waals surface area contributed by atoms with Gasteiger partial charge in [0, 0.05) is 36.3 Å². The van der Waals surface area contributed by atoms with Gasteiger partial charge in [-0.25, -0.2) is 14.4 Å². The van der Waals surface area contributed by atoms with E-state index in [1.165, 1.54) is 24.3 Å². The molecule has 4 heterocycles. The summed E-state index contributed by atoms with van der Waals surface area (Å²) in [4.78, 5) is 32.6. The van der Waals surface area contributed by atoms with Crippen LogP contribution in [0.1, 0.15) is 16.1 Å². The third-order valence-electron chi connectivity index (χ3n) is 5.26. The largest absolute Gasteiger partial charge is 0.352 e. The van der Waals surface area contributed by atoms with Crippen LogP contribution >= 0.6 is 0 Å². The molecule has 154 valence electrons. The van der Waals surface area contributed by atoms with Gasteiger partial charge in [-0.2, -0.15) is 0 Å². The SMILES string of the molecule is NC1CN(c2cncc(-c3ccc4cnc(CC(=O)c5ccc(F)cc5)cc4n3)n2)C1. The van der Waals surface area contributed by atoms with Crippen LogP contribution in [0, 0.1) is 5.82 Å². The van der Waals surface area contributed by atoms with Crippen molar-refractivity contribution in [1.29, 1.82) is 0 Å². The molecule has 1 aliphatic heterocycles. The smallest absolute Gasteiger partial charge is 0.168 e. The Balaban J connectivity index is 1.41. The van der Waals surface area contributed by atoms with Crippen LogP contribution in [0.3, 0.4) is 0 Å². The topological polar surface area (TPSA) is 97.9 Å². The molecule has 0 aliphatic carbocycles. The Morgan fingerprint density at radius 2 is 1.84 bits per heavy atom. The predicted molar refractivity (Wildman–Crippen MR) is 115 cm³/mol. The number of halogens is 1. The molecule has 2 N–H and O–H groups in total. The van der Waals surface area contributed by atoms with Crippen molar-refractivity contribution in [3.8, 4) is 11.4 Å². The standard InChI is InChI=1S/C23H19FN6O/c24-16-4-1-14(2-5-16)22(31)8-18-7-20-15(9-27-18)3-6-19(28-20)21-10-26-11-23(29-21)30-12-17(25)13-30/h1-7,9-11,17H,8,12-13,25H2. The summed E-state index contributed by atoms with van der Waals surface area (Å²) in [5.41, 5.74) is 8.98. The minimum absolute atomic E-state index is 0.109. The lowest BCUT2D eigenvalue weighted by molar-refractivity contribution is 0.0992. The maximum Gasteiger partial charge on any atom is 0.168 e. The van der Waals surface area contributed by atoms with E-state index in [4.69, 9.17) is 10.7 Å². The Bertz CT molecular complexity index is 1270. The van der Waals surface area contributed by atoms with Crippen LogP contribution in [0.4, 0.5) is 10.2 Å². The number of hydrogen-bond acceptors (Lipinski definition) is 7. The number of carbonyl (C=O) groups excluding carboxylic acids is 1. The number of Topliss-reactive ketones (excluding diaryl/α,β-unsaturated/α-hetero) is 1. The number of rotatable bonds is 5. The van der Waals surface area contributed by atoms with E-state index in [0.29, 0.717) is 28.2 Å². The minimum Gasteiger partial charge on any atom is -0.352 e. The third-order valence-corrected chi connectivity index (χ3v) is 5.26. The zero-order chi connectivity index (χ0) is 21.4. The molecule has 4 aromatic rings. The normalized spacial score (nSPS) is 13.9. The first-order valence-corrected chi connectivity index (χ1v) is 9.92. The number of ketones is 1. The maximum absolute atomic E-state index is 13.1. The van der Waals surface area contributed by atoms with Gasteiger partial charge in [0.05, 0.1) is 35.7 Å². The van der Waals surface area contributed by atoms with Gasteiger partial charge in [-0.05, 0) is 42.5 Å². The van der Waals surface area contributed by atoms with Gasteiger partial charge in [0.1, 0.15) is 17.3 Å². The number of hydrogen-bond donors (Lipinski definition) is 1. The highest BCUT2D eigenvalue weighted by molar-refractivity contribution is 5.97. The molecule has 1 saturated heterocycles. The molecule has 0 spiro atoms. The van der Waals surface area contributed by atoms with Gasteiger partial charge >= 0.3 is 0 Å². The van der Waals surface area contributed by atoms with Gasteiger partial charge in [-0.15, -0.1) is 0 Å². The van der Waals surface area contributed by atoms with Crippen molar-refractivity contribution in [3.05, 3.63) is 78.1 Å². The van der Waals surface area contributed by atoms with E-state index < -0.39 is 0 Å². The van der Waals surface area contributed by atoms with E-state index in [0.717, 1.165) is 24.3 Å². The molecular weight excluding hydrogens is 395 g/mol. The summed E-state index contributed by atoms with van der Waals surface area (Å²) in [5.74, 6) is 0.275. The first kappa shape index (κ1) is 19.2. The van der Waals surface area contributed by atoms with Crippen LogP contribution in [0.5, 0.6) is 0 Å². The molecule has 5 rings (SSSR count). The van der Waals surface area contributed by atoms with E-state index in [9.17, 15) is 9.18 Å².